The maximum Gasteiger partial charge on any atom is 0.253 e. The third kappa shape index (κ3) is 4.29. The highest BCUT2D eigenvalue weighted by Gasteiger charge is 2.27. The highest BCUT2D eigenvalue weighted by atomic mass is 32.2. The molecule has 1 aliphatic rings. The first-order valence-electron chi connectivity index (χ1n) is 7.62. The standard InChI is InChI=1S/C16H18N4O3S/c21-16(19-10-13-3-1-2-5-18-13)12-7-15(9-17-8-12)20-14-4-6-24(22,23)11-14/h1-3,5,7-9,14,20H,4,6,10-11H2,(H,19,21). The molecule has 1 atom stereocenters. The molecule has 1 unspecified atom stereocenters. The molecule has 1 saturated heterocycles. The van der Waals surface area contributed by atoms with Crippen LogP contribution in [0.15, 0.2) is 42.9 Å². The van der Waals surface area contributed by atoms with Crippen molar-refractivity contribution in [2.24, 2.45) is 0 Å². The van der Waals surface area contributed by atoms with Crippen LogP contribution in [0.3, 0.4) is 0 Å². The summed E-state index contributed by atoms with van der Waals surface area (Å²) >= 11 is 0. The van der Waals surface area contributed by atoms with Crippen molar-refractivity contribution in [2.75, 3.05) is 16.8 Å². The van der Waals surface area contributed by atoms with Crippen molar-refractivity contribution in [3.63, 3.8) is 0 Å². The Kier molecular flexibility index (Phi) is 4.75. The summed E-state index contributed by atoms with van der Waals surface area (Å²) in [6.45, 7) is 0.332. The first-order valence-corrected chi connectivity index (χ1v) is 9.44. The number of anilines is 1. The van der Waals surface area contributed by atoms with Crippen LogP contribution in [0, 0.1) is 0 Å². The summed E-state index contributed by atoms with van der Waals surface area (Å²) in [6.07, 6.45) is 5.30. The molecular weight excluding hydrogens is 328 g/mol. The highest BCUT2D eigenvalue weighted by Crippen LogP contribution is 2.17. The molecule has 1 aliphatic heterocycles. The molecule has 0 aromatic carbocycles. The fourth-order valence-electron chi connectivity index (χ4n) is 2.56. The van der Waals surface area contributed by atoms with Crippen molar-refractivity contribution in [1.29, 1.82) is 0 Å². The second-order valence-electron chi connectivity index (χ2n) is 5.71. The number of nitrogens with zero attached hydrogens (tertiary/aromatic N) is 2. The number of pyridine rings is 2. The van der Waals surface area contributed by atoms with Gasteiger partial charge in [0.15, 0.2) is 9.84 Å². The van der Waals surface area contributed by atoms with Crippen molar-refractivity contribution in [3.8, 4) is 0 Å². The van der Waals surface area contributed by atoms with Gasteiger partial charge >= 0.3 is 0 Å². The minimum absolute atomic E-state index is 0.114. The Morgan fingerprint density at radius 2 is 2.17 bits per heavy atom. The minimum atomic E-state index is -2.95. The summed E-state index contributed by atoms with van der Waals surface area (Å²) in [7, 11) is -2.95. The van der Waals surface area contributed by atoms with Crippen LogP contribution in [0.2, 0.25) is 0 Å². The zero-order chi connectivity index (χ0) is 17.0. The monoisotopic (exact) mass is 346 g/mol. The van der Waals surface area contributed by atoms with Gasteiger partial charge in [0.2, 0.25) is 0 Å². The van der Waals surface area contributed by atoms with Crippen LogP contribution < -0.4 is 10.6 Å². The van der Waals surface area contributed by atoms with E-state index in [-0.39, 0.29) is 23.5 Å². The van der Waals surface area contributed by atoms with Gasteiger partial charge in [0.1, 0.15) is 0 Å². The Labute approximate surface area is 140 Å². The van der Waals surface area contributed by atoms with Crippen molar-refractivity contribution in [1.82, 2.24) is 15.3 Å². The molecule has 126 valence electrons. The van der Waals surface area contributed by atoms with Crippen molar-refractivity contribution < 1.29 is 13.2 Å². The molecular formula is C16H18N4O3S. The fraction of sp³-hybridized carbons (Fsp3) is 0.312. The first-order chi connectivity index (χ1) is 11.5. The molecule has 3 heterocycles. The summed E-state index contributed by atoms with van der Waals surface area (Å²) in [6, 6.07) is 7.04. The Balaban J connectivity index is 1.61. The van der Waals surface area contributed by atoms with Gasteiger partial charge in [-0.05, 0) is 24.6 Å². The first kappa shape index (κ1) is 16.4. The van der Waals surface area contributed by atoms with Gasteiger partial charge in [-0.25, -0.2) is 8.42 Å². The van der Waals surface area contributed by atoms with Crippen LogP contribution in [-0.4, -0.2) is 41.8 Å². The molecule has 0 aliphatic carbocycles. The van der Waals surface area contributed by atoms with Crippen molar-refractivity contribution >= 4 is 21.4 Å². The number of nitrogens with one attached hydrogen (secondary N) is 2. The number of aromatic nitrogens is 2. The smallest absolute Gasteiger partial charge is 0.253 e. The lowest BCUT2D eigenvalue weighted by Gasteiger charge is -2.13. The molecule has 0 bridgehead atoms. The molecule has 0 saturated carbocycles. The minimum Gasteiger partial charge on any atom is -0.380 e. The molecule has 2 N–H and O–H groups in total. The van der Waals surface area contributed by atoms with E-state index in [9.17, 15) is 13.2 Å². The molecule has 1 amide bonds. The van der Waals surface area contributed by atoms with Gasteiger partial charge in [-0.2, -0.15) is 0 Å². The third-order valence-electron chi connectivity index (χ3n) is 3.76. The predicted molar refractivity (Wildman–Crippen MR) is 90.3 cm³/mol. The van der Waals surface area contributed by atoms with E-state index in [1.165, 1.54) is 6.20 Å². The summed E-state index contributed by atoms with van der Waals surface area (Å²) in [5.74, 6) is 0.0571. The Hall–Kier alpha value is -2.48. The van der Waals surface area contributed by atoms with Crippen LogP contribution in [-0.2, 0) is 16.4 Å². The van der Waals surface area contributed by atoms with Gasteiger partial charge < -0.3 is 10.6 Å². The topological polar surface area (TPSA) is 101 Å². The summed E-state index contributed by atoms with van der Waals surface area (Å²) < 4.78 is 23.0. The third-order valence-corrected chi connectivity index (χ3v) is 5.53. The van der Waals surface area contributed by atoms with Gasteiger partial charge in [-0.1, -0.05) is 6.07 Å². The lowest BCUT2D eigenvalue weighted by atomic mass is 10.2. The zero-order valence-corrected chi connectivity index (χ0v) is 13.8. The van der Waals surface area contributed by atoms with Gasteiger partial charge in [-0.15, -0.1) is 0 Å². The van der Waals surface area contributed by atoms with Crippen molar-refractivity contribution in [2.45, 2.75) is 19.0 Å². The Morgan fingerprint density at radius 1 is 1.29 bits per heavy atom. The largest absolute Gasteiger partial charge is 0.380 e. The lowest BCUT2D eigenvalue weighted by Crippen LogP contribution is -2.24. The quantitative estimate of drug-likeness (QED) is 0.838. The second kappa shape index (κ2) is 6.96. The Bertz CT molecular complexity index is 824. The molecule has 7 nitrogen and oxygen atoms in total. The number of amides is 1. The highest BCUT2D eigenvalue weighted by molar-refractivity contribution is 7.91. The normalized spacial score (nSPS) is 18.9. The number of hydrogen-bond donors (Lipinski definition) is 2. The fourth-order valence-corrected chi connectivity index (χ4v) is 4.24. The maximum absolute atomic E-state index is 12.2. The molecule has 2 aromatic heterocycles. The van der Waals surface area contributed by atoms with E-state index in [4.69, 9.17) is 0 Å². The van der Waals surface area contributed by atoms with Gasteiger partial charge in [0, 0.05) is 24.6 Å². The number of carbonyl (C=O) groups is 1. The maximum atomic E-state index is 12.2. The zero-order valence-electron chi connectivity index (χ0n) is 13.0. The average molecular weight is 346 g/mol. The molecule has 24 heavy (non-hydrogen) atoms. The van der Waals surface area contributed by atoms with E-state index in [1.807, 2.05) is 18.2 Å². The van der Waals surface area contributed by atoms with E-state index >= 15 is 0 Å². The number of rotatable bonds is 5. The molecule has 8 heteroatoms. The molecule has 2 aromatic rings. The van der Waals surface area contributed by atoms with Gasteiger partial charge in [0.25, 0.3) is 5.91 Å². The van der Waals surface area contributed by atoms with Crippen LogP contribution >= 0.6 is 0 Å². The van der Waals surface area contributed by atoms with E-state index in [1.54, 1.807) is 18.5 Å². The van der Waals surface area contributed by atoms with Crippen LogP contribution in [0.4, 0.5) is 5.69 Å². The van der Waals surface area contributed by atoms with E-state index in [0.29, 0.717) is 24.2 Å². The van der Waals surface area contributed by atoms with E-state index in [2.05, 4.69) is 20.6 Å². The van der Waals surface area contributed by atoms with Crippen LogP contribution in [0.25, 0.3) is 0 Å². The number of sulfone groups is 1. The molecule has 1 fully saturated rings. The number of hydrogen-bond acceptors (Lipinski definition) is 6. The van der Waals surface area contributed by atoms with E-state index in [0.717, 1.165) is 5.69 Å². The lowest BCUT2D eigenvalue weighted by molar-refractivity contribution is 0.0950. The van der Waals surface area contributed by atoms with Crippen molar-refractivity contribution in [3.05, 3.63) is 54.1 Å². The number of carbonyl (C=O) groups excluding carboxylic acids is 1. The second-order valence-corrected chi connectivity index (χ2v) is 7.94. The summed E-state index contributed by atoms with van der Waals surface area (Å²) in [4.78, 5) is 20.4. The predicted octanol–water partition coefficient (Wildman–Crippen LogP) is 1.01. The average Bonchev–Trinajstić information content (AvgIpc) is 2.92. The van der Waals surface area contributed by atoms with Gasteiger partial charge in [0.05, 0.1) is 35.0 Å². The van der Waals surface area contributed by atoms with E-state index < -0.39 is 9.84 Å². The molecule has 0 radical (unpaired) electrons. The Morgan fingerprint density at radius 3 is 2.88 bits per heavy atom. The van der Waals surface area contributed by atoms with Gasteiger partial charge in [-0.3, -0.25) is 14.8 Å². The molecule has 0 spiro atoms. The molecule has 3 rings (SSSR count). The summed E-state index contributed by atoms with van der Waals surface area (Å²) in [5, 5.41) is 5.92. The van der Waals surface area contributed by atoms with Crippen LogP contribution in [0.1, 0.15) is 22.5 Å². The summed E-state index contributed by atoms with van der Waals surface area (Å²) in [5.41, 5.74) is 1.82. The SMILES string of the molecule is O=C(NCc1ccccn1)c1cncc(NC2CCS(=O)(=O)C2)c1. The van der Waals surface area contributed by atoms with Crippen LogP contribution in [0.5, 0.6) is 0 Å².